The number of nitrogens with zero attached hydrogens (tertiary/aromatic N) is 3. The van der Waals surface area contributed by atoms with E-state index in [2.05, 4.69) is 10.3 Å². The molecule has 1 saturated heterocycles. The van der Waals surface area contributed by atoms with Crippen LogP contribution in [-0.4, -0.2) is 20.6 Å². The average molecular weight is 447 g/mol. The van der Waals surface area contributed by atoms with E-state index in [1.165, 1.54) is 17.8 Å². The van der Waals surface area contributed by atoms with Crippen LogP contribution in [0, 0.1) is 37.8 Å². The van der Waals surface area contributed by atoms with Crippen molar-refractivity contribution in [3.63, 3.8) is 0 Å². The number of aromatic nitrogens is 1. The molecular formula is C24H22N4O3S. The highest BCUT2D eigenvalue weighted by Crippen LogP contribution is 2.32. The summed E-state index contributed by atoms with van der Waals surface area (Å²) in [6.07, 6.45) is 1.84. The van der Waals surface area contributed by atoms with Gasteiger partial charge in [0.05, 0.1) is 21.2 Å². The predicted octanol–water partition coefficient (Wildman–Crippen LogP) is 5.51. The van der Waals surface area contributed by atoms with Gasteiger partial charge in [-0.05, 0) is 80.4 Å². The van der Waals surface area contributed by atoms with Crippen molar-refractivity contribution >= 4 is 40.3 Å². The third-order valence-corrected chi connectivity index (χ3v) is 6.41. The number of nitrogens with one attached hydrogen (secondary N) is 1. The molecule has 4 rings (SSSR count). The second kappa shape index (κ2) is 8.47. The maximum absolute atomic E-state index is 12.6. The van der Waals surface area contributed by atoms with Gasteiger partial charge in [0.15, 0.2) is 5.17 Å². The quantitative estimate of drug-likeness (QED) is 0.325. The molecule has 8 heteroatoms. The van der Waals surface area contributed by atoms with Gasteiger partial charge in [-0.2, -0.15) is 0 Å². The summed E-state index contributed by atoms with van der Waals surface area (Å²) >= 11 is 1.30. The van der Waals surface area contributed by atoms with E-state index in [0.29, 0.717) is 15.8 Å². The summed E-state index contributed by atoms with van der Waals surface area (Å²) in [5.74, 6) is -0.195. The third kappa shape index (κ3) is 4.09. The number of hydrogen-bond donors (Lipinski definition) is 1. The zero-order valence-corrected chi connectivity index (χ0v) is 19.0. The van der Waals surface area contributed by atoms with Gasteiger partial charge in [0.2, 0.25) is 0 Å². The van der Waals surface area contributed by atoms with Crippen molar-refractivity contribution in [2.24, 2.45) is 4.99 Å². The second-order valence-corrected chi connectivity index (χ2v) is 8.67. The van der Waals surface area contributed by atoms with Gasteiger partial charge in [0.1, 0.15) is 0 Å². The van der Waals surface area contributed by atoms with Crippen molar-refractivity contribution in [3.8, 4) is 5.69 Å². The van der Waals surface area contributed by atoms with E-state index in [4.69, 9.17) is 0 Å². The minimum absolute atomic E-state index is 0.0351. The molecule has 32 heavy (non-hydrogen) atoms. The highest BCUT2D eigenvalue weighted by Gasteiger charge is 2.25. The molecule has 1 aliphatic heterocycles. The maximum Gasteiger partial charge on any atom is 0.271 e. The van der Waals surface area contributed by atoms with Crippen LogP contribution in [-0.2, 0) is 4.79 Å². The normalized spacial score (nSPS) is 16.1. The van der Waals surface area contributed by atoms with Gasteiger partial charge >= 0.3 is 0 Å². The van der Waals surface area contributed by atoms with Crippen LogP contribution < -0.4 is 5.32 Å². The Morgan fingerprint density at radius 3 is 2.59 bits per heavy atom. The summed E-state index contributed by atoms with van der Waals surface area (Å²) in [6, 6.07) is 14.4. The summed E-state index contributed by atoms with van der Waals surface area (Å²) < 4.78 is 1.95. The van der Waals surface area contributed by atoms with Crippen LogP contribution in [0.15, 0.2) is 58.4 Å². The first-order valence-corrected chi connectivity index (χ1v) is 10.9. The average Bonchev–Trinajstić information content (AvgIpc) is 3.23. The monoisotopic (exact) mass is 446 g/mol. The van der Waals surface area contributed by atoms with Crippen LogP contribution in [0.25, 0.3) is 11.8 Å². The van der Waals surface area contributed by atoms with E-state index in [1.54, 1.807) is 12.1 Å². The fraction of sp³-hybridized carbons (Fsp3) is 0.167. The van der Waals surface area contributed by atoms with Gasteiger partial charge < -0.3 is 9.88 Å². The van der Waals surface area contributed by atoms with Crippen LogP contribution in [0.1, 0.15) is 28.1 Å². The number of amidine groups is 1. The lowest BCUT2D eigenvalue weighted by Gasteiger charge is -2.09. The van der Waals surface area contributed by atoms with E-state index >= 15 is 0 Å². The Morgan fingerprint density at radius 2 is 1.84 bits per heavy atom. The Balaban J connectivity index is 1.66. The summed E-state index contributed by atoms with van der Waals surface area (Å²) in [5, 5.41) is 14.5. The second-order valence-electron chi connectivity index (χ2n) is 7.64. The van der Waals surface area contributed by atoms with Crippen LogP contribution in [0.2, 0.25) is 0 Å². The van der Waals surface area contributed by atoms with Crippen LogP contribution in [0.3, 0.4) is 0 Å². The van der Waals surface area contributed by atoms with Gasteiger partial charge in [0.25, 0.3) is 11.6 Å². The number of aryl methyl sites for hydroxylation is 2. The summed E-state index contributed by atoms with van der Waals surface area (Å²) in [7, 11) is 0. The van der Waals surface area contributed by atoms with Gasteiger partial charge in [-0.1, -0.05) is 18.2 Å². The molecule has 0 saturated carbocycles. The van der Waals surface area contributed by atoms with Crippen molar-refractivity contribution in [1.82, 2.24) is 9.88 Å². The fourth-order valence-electron chi connectivity index (χ4n) is 3.66. The minimum atomic E-state index is -0.406. The highest BCUT2D eigenvalue weighted by molar-refractivity contribution is 8.18. The van der Waals surface area contributed by atoms with Crippen LogP contribution >= 0.6 is 11.8 Å². The minimum Gasteiger partial charge on any atom is -0.318 e. The molecule has 1 aliphatic rings. The van der Waals surface area contributed by atoms with E-state index in [-0.39, 0.29) is 11.6 Å². The lowest BCUT2D eigenvalue weighted by molar-refractivity contribution is -0.384. The number of nitro groups is 1. The number of nitro benzene ring substituents is 1. The summed E-state index contributed by atoms with van der Waals surface area (Å²) in [4.78, 5) is 28.5. The Kier molecular flexibility index (Phi) is 5.71. The summed E-state index contributed by atoms with van der Waals surface area (Å²) in [6.45, 7) is 7.90. The molecule has 2 aromatic carbocycles. The number of non-ortho nitro benzene ring substituents is 1. The van der Waals surface area contributed by atoms with Crippen molar-refractivity contribution in [2.45, 2.75) is 27.7 Å². The van der Waals surface area contributed by atoms with Crippen LogP contribution in [0.5, 0.6) is 0 Å². The standard InChI is InChI=1S/C24H22N4O3S/c1-14-7-5-10-21(16(14)3)25-24-26-23(29)22(32-24)12-18-11-15(2)27(17(18)4)19-8-6-9-20(13-19)28(30)31/h5-13H,1-4H3,(H,25,26,29)/b22-12-. The van der Waals surface area contributed by atoms with Crippen molar-refractivity contribution in [2.75, 3.05) is 0 Å². The van der Waals surface area contributed by atoms with Gasteiger partial charge in [-0.15, -0.1) is 0 Å². The number of rotatable bonds is 4. The SMILES string of the molecule is Cc1cccc(N=C2NC(=O)/C(=C/c3cc(C)n(-c4cccc([N+](=O)[O-])c4)c3C)S2)c1C. The molecule has 1 N–H and O–H groups in total. The molecule has 1 aromatic heterocycles. The lowest BCUT2D eigenvalue weighted by Crippen LogP contribution is -2.19. The Bertz CT molecular complexity index is 1320. The number of aliphatic imine (C=N–C) groups is 1. The zero-order chi connectivity index (χ0) is 23.0. The fourth-order valence-corrected chi connectivity index (χ4v) is 4.49. The first kappa shape index (κ1) is 21.6. The Hall–Kier alpha value is -3.65. The number of hydrogen-bond acceptors (Lipinski definition) is 5. The van der Waals surface area contributed by atoms with E-state index in [9.17, 15) is 14.9 Å². The van der Waals surface area contributed by atoms with E-state index < -0.39 is 4.92 Å². The molecule has 7 nitrogen and oxygen atoms in total. The maximum atomic E-state index is 12.6. The number of carbonyl (C=O) groups excluding carboxylic acids is 1. The molecule has 0 spiro atoms. The first-order valence-electron chi connectivity index (χ1n) is 10.0. The van der Waals surface area contributed by atoms with Gasteiger partial charge in [-0.3, -0.25) is 14.9 Å². The molecule has 0 radical (unpaired) electrons. The summed E-state index contributed by atoms with van der Waals surface area (Å²) in [5.41, 5.74) is 6.48. The predicted molar refractivity (Wildman–Crippen MR) is 129 cm³/mol. The molecule has 1 fully saturated rings. The number of benzene rings is 2. The van der Waals surface area contributed by atoms with Crippen molar-refractivity contribution in [3.05, 3.63) is 91.6 Å². The molecule has 0 unspecified atom stereocenters. The smallest absolute Gasteiger partial charge is 0.271 e. The number of thioether (sulfide) groups is 1. The molecule has 2 heterocycles. The Labute approximate surface area is 190 Å². The van der Waals surface area contributed by atoms with E-state index in [1.807, 2.05) is 68.7 Å². The van der Waals surface area contributed by atoms with Crippen LogP contribution in [0.4, 0.5) is 11.4 Å². The lowest BCUT2D eigenvalue weighted by atomic mass is 10.1. The Morgan fingerprint density at radius 1 is 1.09 bits per heavy atom. The first-order chi connectivity index (χ1) is 15.2. The molecule has 3 aromatic rings. The number of carbonyl (C=O) groups is 1. The molecule has 1 amide bonds. The molecule has 0 atom stereocenters. The molecule has 0 aliphatic carbocycles. The molecule has 162 valence electrons. The zero-order valence-electron chi connectivity index (χ0n) is 18.2. The van der Waals surface area contributed by atoms with Gasteiger partial charge in [0, 0.05) is 23.5 Å². The van der Waals surface area contributed by atoms with Crippen molar-refractivity contribution < 1.29 is 9.72 Å². The van der Waals surface area contributed by atoms with Gasteiger partial charge in [-0.25, -0.2) is 4.99 Å². The highest BCUT2D eigenvalue weighted by atomic mass is 32.2. The topological polar surface area (TPSA) is 89.5 Å². The molecular weight excluding hydrogens is 424 g/mol. The number of amides is 1. The molecule has 0 bridgehead atoms. The largest absolute Gasteiger partial charge is 0.318 e. The third-order valence-electron chi connectivity index (χ3n) is 5.50. The van der Waals surface area contributed by atoms with Crippen molar-refractivity contribution in [1.29, 1.82) is 0 Å². The van der Waals surface area contributed by atoms with E-state index in [0.717, 1.165) is 33.8 Å².